The zero-order chi connectivity index (χ0) is 11.8. The normalized spacial score (nSPS) is 8.60. The van der Waals surface area contributed by atoms with E-state index in [1.807, 2.05) is 40.7 Å². The Morgan fingerprint density at radius 2 is 1.73 bits per heavy atom. The molecule has 0 aromatic carbocycles. The van der Waals surface area contributed by atoms with Gasteiger partial charge in [0.1, 0.15) is 0 Å². The van der Waals surface area contributed by atoms with E-state index in [0.29, 0.717) is 5.95 Å². The van der Waals surface area contributed by atoms with Crippen LogP contribution in [0.15, 0.2) is 18.5 Å². The quantitative estimate of drug-likeness (QED) is 0.724. The van der Waals surface area contributed by atoms with Gasteiger partial charge >= 0.3 is 0 Å². The average molecular weight is 208 g/mol. The summed E-state index contributed by atoms with van der Waals surface area (Å²) in [4.78, 5) is 3.92. The maximum Gasteiger partial charge on any atom is 0.221 e. The first-order chi connectivity index (χ1) is 7.27. The molecule has 0 aliphatic heterocycles. The van der Waals surface area contributed by atoms with E-state index in [4.69, 9.17) is 5.73 Å². The molecule has 2 N–H and O–H groups in total. The molecule has 2 rings (SSSR count). The van der Waals surface area contributed by atoms with Gasteiger partial charge in [0, 0.05) is 0 Å². The van der Waals surface area contributed by atoms with Gasteiger partial charge in [-0.1, -0.05) is 27.7 Å². The van der Waals surface area contributed by atoms with Gasteiger partial charge in [0.05, 0.1) is 17.9 Å². The lowest BCUT2D eigenvalue weighted by Gasteiger charge is -1.94. The number of nitrogens with zero attached hydrogens (tertiary/aromatic N) is 3. The molecule has 2 heterocycles. The fourth-order valence-corrected chi connectivity index (χ4v) is 1.02. The van der Waals surface area contributed by atoms with Crippen LogP contribution in [0.3, 0.4) is 0 Å². The Hall–Kier alpha value is -1.58. The summed E-state index contributed by atoms with van der Waals surface area (Å²) >= 11 is 0. The van der Waals surface area contributed by atoms with Crippen LogP contribution in [-0.2, 0) is 0 Å². The minimum Gasteiger partial charge on any atom is -0.368 e. The van der Waals surface area contributed by atoms with Crippen LogP contribution in [-0.4, -0.2) is 14.6 Å². The fourth-order valence-electron chi connectivity index (χ4n) is 1.02. The van der Waals surface area contributed by atoms with Crippen LogP contribution in [0.5, 0.6) is 0 Å². The monoisotopic (exact) mass is 208 g/mol. The number of nitrogens with two attached hydrogens (primary N) is 1. The predicted molar refractivity (Wildman–Crippen MR) is 64.8 cm³/mol. The molecule has 0 spiro atoms. The molecule has 0 atom stereocenters. The standard InChI is InChI=1S/C7H8N4.2C2H6/c1-5-2-6-4-9-7(8)11(6)10-3-5;2*1-2/h2-4H,1H3,(H2,8,9);2*1-2H3. The molecule has 0 unspecified atom stereocenters. The molecule has 4 heteroatoms. The SMILES string of the molecule is CC.CC.Cc1cnn2c(N)ncc2c1. The molecule has 84 valence electrons. The molecule has 0 aliphatic rings. The van der Waals surface area contributed by atoms with Crippen LogP contribution in [0.25, 0.3) is 5.52 Å². The highest BCUT2D eigenvalue weighted by Gasteiger charge is 1.98. The lowest BCUT2D eigenvalue weighted by Crippen LogP contribution is -1.97. The van der Waals surface area contributed by atoms with Crippen molar-refractivity contribution in [1.29, 1.82) is 0 Å². The molecule has 0 aliphatic carbocycles. The smallest absolute Gasteiger partial charge is 0.221 e. The molecular weight excluding hydrogens is 188 g/mol. The van der Waals surface area contributed by atoms with Crippen molar-refractivity contribution in [2.75, 3.05) is 5.73 Å². The minimum absolute atomic E-state index is 0.431. The molecule has 0 radical (unpaired) electrons. The molecule has 15 heavy (non-hydrogen) atoms. The van der Waals surface area contributed by atoms with E-state index < -0.39 is 0 Å². The summed E-state index contributed by atoms with van der Waals surface area (Å²) in [5.41, 5.74) is 7.56. The summed E-state index contributed by atoms with van der Waals surface area (Å²) in [5.74, 6) is 0.431. The average Bonchev–Trinajstić information content (AvgIpc) is 2.65. The lowest BCUT2D eigenvalue weighted by molar-refractivity contribution is 0.932. The van der Waals surface area contributed by atoms with Crippen molar-refractivity contribution < 1.29 is 0 Å². The van der Waals surface area contributed by atoms with Gasteiger partial charge in [0.2, 0.25) is 5.95 Å². The number of hydrogen-bond acceptors (Lipinski definition) is 3. The highest BCUT2D eigenvalue weighted by molar-refractivity contribution is 5.50. The minimum atomic E-state index is 0.431. The highest BCUT2D eigenvalue weighted by Crippen LogP contribution is 2.06. The van der Waals surface area contributed by atoms with Crippen molar-refractivity contribution in [2.45, 2.75) is 34.6 Å². The molecular formula is C11H20N4. The number of anilines is 1. The summed E-state index contributed by atoms with van der Waals surface area (Å²) < 4.78 is 1.60. The highest BCUT2D eigenvalue weighted by atomic mass is 15.3. The van der Waals surface area contributed by atoms with Crippen LogP contribution < -0.4 is 5.73 Å². The molecule has 2 aromatic rings. The van der Waals surface area contributed by atoms with Crippen molar-refractivity contribution in [3.05, 3.63) is 24.0 Å². The van der Waals surface area contributed by atoms with E-state index in [0.717, 1.165) is 11.1 Å². The van der Waals surface area contributed by atoms with Crippen LogP contribution in [0, 0.1) is 6.92 Å². The van der Waals surface area contributed by atoms with Gasteiger partial charge in [-0.25, -0.2) is 4.98 Å². The van der Waals surface area contributed by atoms with Gasteiger partial charge in [0.15, 0.2) is 0 Å². The van der Waals surface area contributed by atoms with Gasteiger partial charge in [-0.05, 0) is 18.6 Å². The van der Waals surface area contributed by atoms with Crippen LogP contribution in [0.2, 0.25) is 0 Å². The Balaban J connectivity index is 0.000000442. The second-order valence-electron chi connectivity index (χ2n) is 2.49. The Kier molecular flexibility index (Phi) is 6.09. The topological polar surface area (TPSA) is 56.2 Å². The summed E-state index contributed by atoms with van der Waals surface area (Å²) in [7, 11) is 0. The molecule has 4 nitrogen and oxygen atoms in total. The van der Waals surface area contributed by atoms with Crippen molar-refractivity contribution in [1.82, 2.24) is 14.6 Å². The first-order valence-corrected chi connectivity index (χ1v) is 5.33. The van der Waals surface area contributed by atoms with Crippen LogP contribution >= 0.6 is 0 Å². The number of hydrogen-bond donors (Lipinski definition) is 1. The van der Waals surface area contributed by atoms with Crippen molar-refractivity contribution >= 4 is 11.5 Å². The Morgan fingerprint density at radius 3 is 2.33 bits per heavy atom. The third-order valence-corrected chi connectivity index (χ3v) is 1.54. The summed E-state index contributed by atoms with van der Waals surface area (Å²) in [5, 5.41) is 4.07. The number of nitrogen functional groups attached to an aromatic ring is 1. The largest absolute Gasteiger partial charge is 0.368 e. The zero-order valence-electron chi connectivity index (χ0n) is 10.2. The molecule has 0 amide bonds. The second kappa shape index (κ2) is 6.81. The van der Waals surface area contributed by atoms with Crippen molar-refractivity contribution in [2.24, 2.45) is 0 Å². The van der Waals surface area contributed by atoms with Gasteiger partial charge in [-0.15, -0.1) is 0 Å². The molecule has 0 saturated heterocycles. The zero-order valence-corrected chi connectivity index (χ0v) is 10.2. The van der Waals surface area contributed by atoms with Gasteiger partial charge < -0.3 is 5.73 Å². The van der Waals surface area contributed by atoms with Gasteiger partial charge in [-0.2, -0.15) is 9.61 Å². The Labute approximate surface area is 91.1 Å². The van der Waals surface area contributed by atoms with E-state index in [9.17, 15) is 0 Å². The van der Waals surface area contributed by atoms with Crippen LogP contribution in [0.1, 0.15) is 33.3 Å². The Morgan fingerprint density at radius 1 is 1.13 bits per heavy atom. The molecule has 0 bridgehead atoms. The fraction of sp³-hybridized carbons (Fsp3) is 0.455. The summed E-state index contributed by atoms with van der Waals surface area (Å²) in [6.07, 6.45) is 3.46. The first-order valence-electron chi connectivity index (χ1n) is 5.33. The number of imidazole rings is 1. The van der Waals surface area contributed by atoms with E-state index >= 15 is 0 Å². The molecule has 0 fully saturated rings. The third kappa shape index (κ3) is 3.23. The van der Waals surface area contributed by atoms with Gasteiger partial charge in [0.25, 0.3) is 0 Å². The molecule has 0 saturated carbocycles. The van der Waals surface area contributed by atoms with Crippen molar-refractivity contribution in [3.8, 4) is 0 Å². The van der Waals surface area contributed by atoms with Crippen molar-refractivity contribution in [3.63, 3.8) is 0 Å². The first kappa shape index (κ1) is 13.4. The third-order valence-electron chi connectivity index (χ3n) is 1.54. The number of aromatic nitrogens is 3. The second-order valence-corrected chi connectivity index (χ2v) is 2.49. The molecule has 2 aromatic heterocycles. The Bertz CT molecular complexity index is 392. The maximum absolute atomic E-state index is 5.52. The number of aryl methyl sites for hydroxylation is 1. The van der Waals surface area contributed by atoms with E-state index in [2.05, 4.69) is 10.1 Å². The predicted octanol–water partition coefficient (Wildman–Crippen LogP) is 2.67. The van der Waals surface area contributed by atoms with E-state index in [-0.39, 0.29) is 0 Å². The number of fused-ring (bicyclic) bond motifs is 1. The van der Waals surface area contributed by atoms with Gasteiger partial charge in [-0.3, -0.25) is 0 Å². The number of rotatable bonds is 0. The maximum atomic E-state index is 5.52. The summed E-state index contributed by atoms with van der Waals surface area (Å²) in [6, 6.07) is 1.98. The van der Waals surface area contributed by atoms with E-state index in [1.165, 1.54) is 0 Å². The van der Waals surface area contributed by atoms with Crippen LogP contribution in [0.4, 0.5) is 5.95 Å². The lowest BCUT2D eigenvalue weighted by atomic mass is 10.3. The van der Waals surface area contributed by atoms with E-state index in [1.54, 1.807) is 16.9 Å². The summed E-state index contributed by atoms with van der Waals surface area (Å²) in [6.45, 7) is 9.98.